The maximum absolute atomic E-state index is 10.8. The summed E-state index contributed by atoms with van der Waals surface area (Å²) >= 11 is 0. The van der Waals surface area contributed by atoms with Crippen LogP contribution in [0.4, 0.5) is 0 Å². The van der Waals surface area contributed by atoms with Gasteiger partial charge in [0.05, 0.1) is 12.7 Å². The molecular formula is C26H35NO2. The Morgan fingerprint density at radius 1 is 1.17 bits per heavy atom. The number of aliphatic hydroxyl groups excluding tert-OH is 2. The fourth-order valence-electron chi connectivity index (χ4n) is 8.06. The number of aromatic nitrogens is 1. The van der Waals surface area contributed by atoms with Crippen molar-refractivity contribution in [3.8, 4) is 0 Å². The monoisotopic (exact) mass is 393 g/mol. The summed E-state index contributed by atoms with van der Waals surface area (Å²) in [7, 11) is 0. The molecule has 3 heteroatoms. The SMILES string of the molecule is CC1=C(c2cccnc2)[C@@]2(CO)CC[C@H]3[C@@H]([C@@H](C)C=C4C[C@@H](O)CC[C@@]43C)[C@@H]2C1. The van der Waals surface area contributed by atoms with Gasteiger partial charge in [0.2, 0.25) is 0 Å². The molecule has 2 fully saturated rings. The van der Waals surface area contributed by atoms with Gasteiger partial charge in [-0.15, -0.1) is 0 Å². The highest BCUT2D eigenvalue weighted by molar-refractivity contribution is 5.75. The number of pyridine rings is 1. The van der Waals surface area contributed by atoms with Gasteiger partial charge in [-0.05, 0) is 91.7 Å². The van der Waals surface area contributed by atoms with Crippen LogP contribution in [-0.4, -0.2) is 27.9 Å². The van der Waals surface area contributed by atoms with Crippen molar-refractivity contribution in [1.29, 1.82) is 0 Å². The van der Waals surface area contributed by atoms with Crippen LogP contribution >= 0.6 is 0 Å². The molecule has 1 aromatic rings. The first-order valence-corrected chi connectivity index (χ1v) is 11.5. The third-order valence-corrected chi connectivity index (χ3v) is 9.30. The molecule has 0 amide bonds. The summed E-state index contributed by atoms with van der Waals surface area (Å²) in [4.78, 5) is 4.39. The molecule has 0 spiro atoms. The third-order valence-electron chi connectivity index (χ3n) is 9.30. The van der Waals surface area contributed by atoms with E-state index >= 15 is 0 Å². The molecule has 0 aromatic carbocycles. The van der Waals surface area contributed by atoms with Gasteiger partial charge < -0.3 is 10.2 Å². The van der Waals surface area contributed by atoms with E-state index in [2.05, 4.69) is 37.9 Å². The molecule has 0 radical (unpaired) electrons. The quantitative estimate of drug-likeness (QED) is 0.695. The number of hydrogen-bond donors (Lipinski definition) is 2. The van der Waals surface area contributed by atoms with Crippen LogP contribution in [0.25, 0.3) is 5.57 Å². The minimum absolute atomic E-state index is 0.127. The van der Waals surface area contributed by atoms with Gasteiger partial charge in [-0.3, -0.25) is 4.98 Å². The average molecular weight is 394 g/mol. The van der Waals surface area contributed by atoms with Crippen molar-refractivity contribution in [2.24, 2.45) is 34.5 Å². The van der Waals surface area contributed by atoms with Crippen LogP contribution in [0.3, 0.4) is 0 Å². The summed E-state index contributed by atoms with van der Waals surface area (Å²) in [5.41, 5.74) is 5.64. The van der Waals surface area contributed by atoms with Gasteiger partial charge in [-0.25, -0.2) is 0 Å². The number of fused-ring (bicyclic) bond motifs is 5. The Labute approximate surface area is 175 Å². The Bertz CT molecular complexity index is 859. The molecule has 7 atom stereocenters. The van der Waals surface area contributed by atoms with E-state index in [1.165, 1.54) is 28.7 Å². The van der Waals surface area contributed by atoms with Gasteiger partial charge in [0, 0.05) is 17.8 Å². The van der Waals surface area contributed by atoms with Crippen molar-refractivity contribution in [2.75, 3.05) is 6.61 Å². The zero-order valence-electron chi connectivity index (χ0n) is 18.1. The second kappa shape index (κ2) is 6.78. The standard InChI is InChI=1S/C26H35NO2/c1-16-11-19-13-20(29)6-8-25(19,3)21-7-9-26(15-28)22(23(16)21)12-17(2)24(26)18-5-4-10-27-14-18/h4-5,10-11,14,16,20-23,28-29H,6-9,12-13,15H2,1-3H3/t16-,20-,21-,22-,23+,25-,26+/m0/s1. The Balaban J connectivity index is 1.57. The molecule has 2 N–H and O–H groups in total. The Morgan fingerprint density at radius 2 is 2.00 bits per heavy atom. The molecule has 3 nitrogen and oxygen atoms in total. The van der Waals surface area contributed by atoms with E-state index in [1.54, 1.807) is 0 Å². The molecule has 4 aliphatic rings. The Kier molecular flexibility index (Phi) is 4.56. The van der Waals surface area contributed by atoms with Crippen LogP contribution in [0.15, 0.2) is 41.7 Å². The minimum atomic E-state index is -0.161. The molecule has 0 saturated heterocycles. The van der Waals surface area contributed by atoms with Gasteiger partial charge in [-0.2, -0.15) is 0 Å². The molecular weight excluding hydrogens is 358 g/mol. The molecule has 29 heavy (non-hydrogen) atoms. The first kappa shape index (κ1) is 19.5. The van der Waals surface area contributed by atoms with E-state index < -0.39 is 0 Å². The molecule has 0 unspecified atom stereocenters. The van der Waals surface area contributed by atoms with Crippen molar-refractivity contribution in [3.63, 3.8) is 0 Å². The molecule has 1 heterocycles. The number of hydrogen-bond acceptors (Lipinski definition) is 3. The number of rotatable bonds is 2. The molecule has 1 aromatic heterocycles. The van der Waals surface area contributed by atoms with Crippen LogP contribution in [0.5, 0.6) is 0 Å². The molecule has 4 aliphatic carbocycles. The van der Waals surface area contributed by atoms with Crippen LogP contribution in [0, 0.1) is 34.5 Å². The zero-order valence-corrected chi connectivity index (χ0v) is 18.1. The lowest BCUT2D eigenvalue weighted by Gasteiger charge is -2.59. The van der Waals surface area contributed by atoms with E-state index in [4.69, 9.17) is 0 Å². The van der Waals surface area contributed by atoms with E-state index in [0.717, 1.165) is 32.1 Å². The summed E-state index contributed by atoms with van der Waals surface area (Å²) in [5, 5.41) is 21.1. The fraction of sp³-hybridized carbons (Fsp3) is 0.654. The van der Waals surface area contributed by atoms with Gasteiger partial charge in [0.15, 0.2) is 0 Å². The van der Waals surface area contributed by atoms with Crippen LogP contribution in [0.2, 0.25) is 0 Å². The van der Waals surface area contributed by atoms with Gasteiger partial charge >= 0.3 is 0 Å². The van der Waals surface area contributed by atoms with Crippen molar-refractivity contribution < 1.29 is 10.2 Å². The lowest BCUT2D eigenvalue weighted by Crippen LogP contribution is -2.53. The number of allylic oxidation sites excluding steroid dienone is 2. The summed E-state index contributed by atoms with van der Waals surface area (Å²) in [5.74, 6) is 2.27. The molecule has 0 bridgehead atoms. The van der Waals surface area contributed by atoms with Crippen LogP contribution < -0.4 is 0 Å². The highest BCUT2D eigenvalue weighted by atomic mass is 16.3. The second-order valence-electron chi connectivity index (χ2n) is 10.6. The maximum atomic E-state index is 10.8. The average Bonchev–Trinajstić information content (AvgIpc) is 3.02. The third kappa shape index (κ3) is 2.66. The highest BCUT2D eigenvalue weighted by Crippen LogP contribution is 2.68. The smallest absolute Gasteiger partial charge is 0.0577 e. The molecule has 156 valence electrons. The number of aliphatic hydroxyl groups is 2. The van der Waals surface area contributed by atoms with Crippen LogP contribution in [-0.2, 0) is 0 Å². The number of nitrogens with zero attached hydrogens (tertiary/aromatic N) is 1. The Hall–Kier alpha value is -1.45. The molecule has 0 aliphatic heterocycles. The van der Waals surface area contributed by atoms with Gasteiger partial charge in [0.25, 0.3) is 0 Å². The van der Waals surface area contributed by atoms with Crippen molar-refractivity contribution >= 4 is 5.57 Å². The lowest BCUT2D eigenvalue weighted by atomic mass is 9.45. The predicted molar refractivity (Wildman–Crippen MR) is 116 cm³/mol. The van der Waals surface area contributed by atoms with Gasteiger partial charge in [-0.1, -0.05) is 37.1 Å². The molecule has 2 saturated carbocycles. The van der Waals surface area contributed by atoms with Crippen LogP contribution in [0.1, 0.15) is 64.9 Å². The van der Waals surface area contributed by atoms with Crippen molar-refractivity contribution in [2.45, 2.75) is 65.4 Å². The summed E-state index contributed by atoms with van der Waals surface area (Å²) in [6, 6.07) is 4.19. The predicted octanol–water partition coefficient (Wildman–Crippen LogP) is 5.01. The summed E-state index contributed by atoms with van der Waals surface area (Å²) in [6.07, 6.45) is 12.4. The largest absolute Gasteiger partial charge is 0.395 e. The van der Waals surface area contributed by atoms with Crippen molar-refractivity contribution in [3.05, 3.63) is 47.3 Å². The summed E-state index contributed by atoms with van der Waals surface area (Å²) in [6.45, 7) is 7.37. The first-order chi connectivity index (χ1) is 13.9. The van der Waals surface area contributed by atoms with Gasteiger partial charge in [0.1, 0.15) is 0 Å². The second-order valence-corrected chi connectivity index (χ2v) is 10.6. The van der Waals surface area contributed by atoms with E-state index in [9.17, 15) is 10.2 Å². The normalized spacial score (nSPS) is 44.0. The Morgan fingerprint density at radius 3 is 2.72 bits per heavy atom. The maximum Gasteiger partial charge on any atom is 0.0577 e. The summed E-state index contributed by atoms with van der Waals surface area (Å²) < 4.78 is 0. The van der Waals surface area contributed by atoms with E-state index in [1.807, 2.05) is 18.5 Å². The molecule has 5 rings (SSSR count). The van der Waals surface area contributed by atoms with E-state index in [-0.39, 0.29) is 23.5 Å². The zero-order chi connectivity index (χ0) is 20.4. The fourth-order valence-corrected chi connectivity index (χ4v) is 8.06. The lowest BCUT2D eigenvalue weighted by molar-refractivity contribution is -0.0628. The van der Waals surface area contributed by atoms with E-state index in [0.29, 0.717) is 23.7 Å². The minimum Gasteiger partial charge on any atom is -0.395 e. The topological polar surface area (TPSA) is 53.4 Å². The van der Waals surface area contributed by atoms with Crippen molar-refractivity contribution in [1.82, 2.24) is 4.98 Å². The first-order valence-electron chi connectivity index (χ1n) is 11.5. The highest BCUT2D eigenvalue weighted by Gasteiger charge is 2.60.